The van der Waals surface area contributed by atoms with E-state index in [1.807, 2.05) is 28.7 Å². The number of anilines is 1. The van der Waals surface area contributed by atoms with E-state index in [1.54, 1.807) is 24.3 Å². The second-order valence-corrected chi connectivity index (χ2v) is 9.22. The average molecular weight is 578 g/mol. The predicted molar refractivity (Wildman–Crippen MR) is 129 cm³/mol. The molecule has 1 amide bonds. The van der Waals surface area contributed by atoms with Gasteiger partial charge in [0.1, 0.15) is 22.4 Å². The Balaban J connectivity index is 1.90. The van der Waals surface area contributed by atoms with E-state index in [9.17, 15) is 22.9 Å². The second kappa shape index (κ2) is 10.5. The van der Waals surface area contributed by atoms with E-state index in [-0.39, 0.29) is 22.0 Å². The van der Waals surface area contributed by atoms with Gasteiger partial charge >= 0.3 is 10.1 Å². The number of hydrogen-bond donors (Lipinski definition) is 1. The van der Waals surface area contributed by atoms with Crippen LogP contribution in [0.2, 0.25) is 0 Å². The lowest BCUT2D eigenvalue weighted by molar-refractivity contribution is -0.112. The Morgan fingerprint density at radius 2 is 1.79 bits per heavy atom. The van der Waals surface area contributed by atoms with Crippen LogP contribution in [0.15, 0.2) is 77.2 Å². The molecule has 10 heteroatoms. The summed E-state index contributed by atoms with van der Waals surface area (Å²) in [6, 6.07) is 17.6. The van der Waals surface area contributed by atoms with Crippen molar-refractivity contribution in [3.05, 3.63) is 87.3 Å². The Labute approximate surface area is 203 Å². The number of ether oxygens (including phenoxy) is 1. The van der Waals surface area contributed by atoms with Crippen LogP contribution in [0.1, 0.15) is 5.56 Å². The van der Waals surface area contributed by atoms with Gasteiger partial charge in [-0.1, -0.05) is 18.2 Å². The third-order valence-electron chi connectivity index (χ3n) is 4.25. The Morgan fingerprint density at radius 3 is 2.39 bits per heavy atom. The van der Waals surface area contributed by atoms with Crippen molar-refractivity contribution < 1.29 is 26.5 Å². The Hall–Kier alpha value is -3.43. The smallest absolute Gasteiger partial charge is 0.339 e. The number of methoxy groups -OCH3 is 1. The lowest BCUT2D eigenvalue weighted by Crippen LogP contribution is -2.13. The molecule has 0 radical (unpaired) electrons. The zero-order chi connectivity index (χ0) is 24.0. The zero-order valence-corrected chi connectivity index (χ0v) is 20.1. The second-order valence-electron chi connectivity index (χ2n) is 6.52. The van der Waals surface area contributed by atoms with Crippen molar-refractivity contribution in [2.45, 2.75) is 4.90 Å². The lowest BCUT2D eigenvalue weighted by atomic mass is 10.1. The van der Waals surface area contributed by atoms with Crippen LogP contribution >= 0.6 is 22.6 Å². The molecule has 0 aliphatic heterocycles. The number of nitrogens with one attached hydrogen (secondary N) is 1. The zero-order valence-electron chi connectivity index (χ0n) is 17.1. The maximum Gasteiger partial charge on any atom is 0.339 e. The fourth-order valence-electron chi connectivity index (χ4n) is 2.70. The average Bonchev–Trinajstić information content (AvgIpc) is 2.80. The molecule has 7 nitrogen and oxygen atoms in total. The quantitative estimate of drug-likeness (QED) is 0.188. The summed E-state index contributed by atoms with van der Waals surface area (Å²) in [5, 5.41) is 11.9. The van der Waals surface area contributed by atoms with Gasteiger partial charge in [-0.25, -0.2) is 4.39 Å². The van der Waals surface area contributed by atoms with Crippen molar-refractivity contribution in [1.29, 1.82) is 5.26 Å². The van der Waals surface area contributed by atoms with Crippen LogP contribution in [-0.2, 0) is 14.9 Å². The molecule has 0 heterocycles. The molecule has 3 aromatic rings. The first-order valence-electron chi connectivity index (χ1n) is 9.29. The molecule has 1 N–H and O–H groups in total. The van der Waals surface area contributed by atoms with Crippen molar-refractivity contribution in [1.82, 2.24) is 0 Å². The normalized spacial score (nSPS) is 11.4. The number of nitriles is 1. The van der Waals surface area contributed by atoms with E-state index in [1.165, 1.54) is 55.7 Å². The molecule has 0 atom stereocenters. The predicted octanol–water partition coefficient (Wildman–Crippen LogP) is 4.75. The number of benzene rings is 3. The Kier molecular flexibility index (Phi) is 7.67. The molecule has 0 saturated carbocycles. The number of carbonyl (C=O) groups excluding carboxylic acids is 1. The number of rotatable bonds is 7. The van der Waals surface area contributed by atoms with Gasteiger partial charge < -0.3 is 14.2 Å². The van der Waals surface area contributed by atoms with Gasteiger partial charge in [0, 0.05) is 5.69 Å². The maximum atomic E-state index is 13.0. The van der Waals surface area contributed by atoms with Gasteiger partial charge in [0.25, 0.3) is 5.91 Å². The third-order valence-corrected chi connectivity index (χ3v) is 6.29. The topological polar surface area (TPSA) is 105 Å². The van der Waals surface area contributed by atoms with Crippen LogP contribution in [0.4, 0.5) is 10.1 Å². The summed E-state index contributed by atoms with van der Waals surface area (Å²) in [6.45, 7) is 0. The minimum Gasteiger partial charge on any atom is -0.493 e. The van der Waals surface area contributed by atoms with Crippen LogP contribution in [0.25, 0.3) is 6.08 Å². The minimum absolute atomic E-state index is 0.0175. The third kappa shape index (κ3) is 6.09. The standard InChI is InChI=1S/C23H16FIN2O5S/c1-31-21-13-15(11-16(14-26)23(28)27-18-9-7-17(24)8-10-18)12-20(25)22(21)32-33(29,30)19-5-3-2-4-6-19/h2-13H,1H3,(H,27,28)/b16-11+. The molecule has 0 aromatic heterocycles. The first kappa shape index (κ1) is 24.2. The summed E-state index contributed by atoms with van der Waals surface area (Å²) in [5.41, 5.74) is 0.513. The summed E-state index contributed by atoms with van der Waals surface area (Å²) in [6.07, 6.45) is 1.32. The first-order valence-corrected chi connectivity index (χ1v) is 11.8. The number of nitrogens with zero attached hydrogens (tertiary/aromatic N) is 1. The maximum absolute atomic E-state index is 13.0. The van der Waals surface area contributed by atoms with Gasteiger partial charge in [0.2, 0.25) is 0 Å². The van der Waals surface area contributed by atoms with E-state index in [2.05, 4.69) is 5.32 Å². The molecule has 33 heavy (non-hydrogen) atoms. The summed E-state index contributed by atoms with van der Waals surface area (Å²) in [7, 11) is -2.76. The van der Waals surface area contributed by atoms with Gasteiger partial charge in [0.05, 0.1) is 10.7 Å². The number of amides is 1. The van der Waals surface area contributed by atoms with Crippen molar-refractivity contribution in [2.24, 2.45) is 0 Å². The molecular weight excluding hydrogens is 562 g/mol. The van der Waals surface area contributed by atoms with Crippen molar-refractivity contribution in [3.8, 4) is 17.6 Å². The van der Waals surface area contributed by atoms with E-state index < -0.39 is 21.8 Å². The van der Waals surface area contributed by atoms with E-state index in [0.29, 0.717) is 14.8 Å². The van der Waals surface area contributed by atoms with Gasteiger partial charge in [-0.3, -0.25) is 4.79 Å². The molecule has 0 aliphatic carbocycles. The molecule has 168 valence electrons. The molecule has 3 aromatic carbocycles. The van der Waals surface area contributed by atoms with Gasteiger partial charge in [0.15, 0.2) is 11.5 Å². The highest BCUT2D eigenvalue weighted by molar-refractivity contribution is 14.1. The number of carbonyl (C=O) groups is 1. The van der Waals surface area contributed by atoms with Crippen molar-refractivity contribution >= 4 is 50.4 Å². The Morgan fingerprint density at radius 1 is 1.12 bits per heavy atom. The molecule has 0 saturated heterocycles. The largest absolute Gasteiger partial charge is 0.493 e. The van der Waals surface area contributed by atoms with E-state index in [4.69, 9.17) is 8.92 Å². The fraction of sp³-hybridized carbons (Fsp3) is 0.0435. The SMILES string of the molecule is COc1cc(/C=C(\C#N)C(=O)Nc2ccc(F)cc2)cc(I)c1OS(=O)(=O)c1ccccc1. The molecule has 0 spiro atoms. The molecule has 0 fully saturated rings. The van der Waals surface area contributed by atoms with Gasteiger partial charge in [-0.2, -0.15) is 13.7 Å². The summed E-state index contributed by atoms with van der Waals surface area (Å²) >= 11 is 1.87. The number of hydrogen-bond acceptors (Lipinski definition) is 6. The van der Waals surface area contributed by atoms with Gasteiger partial charge in [-0.05, 0) is 82.8 Å². The molecule has 0 unspecified atom stereocenters. The highest BCUT2D eigenvalue weighted by Gasteiger charge is 2.22. The lowest BCUT2D eigenvalue weighted by Gasteiger charge is -2.13. The summed E-state index contributed by atoms with van der Waals surface area (Å²) in [4.78, 5) is 12.4. The number of halogens is 2. The van der Waals surface area contributed by atoms with Gasteiger partial charge in [-0.15, -0.1) is 0 Å². The molecular formula is C23H16FIN2O5S. The first-order chi connectivity index (χ1) is 15.7. The summed E-state index contributed by atoms with van der Waals surface area (Å²) in [5.74, 6) is -1.07. The summed E-state index contributed by atoms with van der Waals surface area (Å²) < 4.78 is 49.2. The van der Waals surface area contributed by atoms with E-state index in [0.717, 1.165) is 0 Å². The van der Waals surface area contributed by atoms with Crippen molar-refractivity contribution in [2.75, 3.05) is 12.4 Å². The highest BCUT2D eigenvalue weighted by Crippen LogP contribution is 2.36. The van der Waals surface area contributed by atoms with Crippen LogP contribution < -0.4 is 14.2 Å². The molecule has 0 aliphatic rings. The van der Waals surface area contributed by atoms with Crippen LogP contribution in [-0.4, -0.2) is 21.4 Å². The van der Waals surface area contributed by atoms with Crippen molar-refractivity contribution in [3.63, 3.8) is 0 Å². The Bertz CT molecular complexity index is 1350. The monoisotopic (exact) mass is 578 g/mol. The van der Waals surface area contributed by atoms with Crippen LogP contribution in [0, 0.1) is 20.7 Å². The van der Waals surface area contributed by atoms with Crippen LogP contribution in [0.5, 0.6) is 11.5 Å². The molecule has 3 rings (SSSR count). The van der Waals surface area contributed by atoms with Crippen LogP contribution in [0.3, 0.4) is 0 Å². The fourth-order valence-corrected chi connectivity index (χ4v) is 4.56. The minimum atomic E-state index is -4.10. The van der Waals surface area contributed by atoms with E-state index >= 15 is 0 Å². The highest BCUT2D eigenvalue weighted by atomic mass is 127. The molecule has 0 bridgehead atoms.